The second-order valence-electron chi connectivity index (χ2n) is 5.62. The summed E-state index contributed by atoms with van der Waals surface area (Å²) in [5, 5.41) is 15.2. The number of aliphatic carboxylic acids is 1. The Balaban J connectivity index is 2.50. The van der Waals surface area contributed by atoms with Crippen LogP contribution in [0, 0.1) is 0 Å². The minimum absolute atomic E-state index is 0.0230. The Bertz CT molecular complexity index is 499. The van der Waals surface area contributed by atoms with Crippen molar-refractivity contribution < 1.29 is 14.7 Å². The Morgan fingerprint density at radius 3 is 2.67 bits per heavy atom. The Morgan fingerprint density at radius 2 is 2.14 bits per heavy atom. The average Bonchev–Trinajstić information content (AvgIpc) is 2.84. The number of carboxylic acids is 1. The van der Waals surface area contributed by atoms with Crippen LogP contribution in [0.5, 0.6) is 0 Å². The Hall–Kier alpha value is -1.63. The molecule has 1 rings (SSSR count). The molecule has 1 atom stereocenters. The summed E-state index contributed by atoms with van der Waals surface area (Å²) in [6, 6.07) is -0.489. The maximum atomic E-state index is 12.0. The highest BCUT2D eigenvalue weighted by Gasteiger charge is 2.22. The molecule has 3 N–H and O–H groups in total. The molecule has 0 aliphatic rings. The third-order valence-corrected chi connectivity index (χ3v) is 4.38. The fourth-order valence-corrected chi connectivity index (χ4v) is 2.63. The highest BCUT2D eigenvalue weighted by Crippen LogP contribution is 2.20. The molecule has 0 radical (unpaired) electrons. The van der Waals surface area contributed by atoms with Gasteiger partial charge in [-0.15, -0.1) is 11.3 Å². The number of carbonyl (C=O) groups is 2. The van der Waals surface area contributed by atoms with Gasteiger partial charge in [0.05, 0.1) is 6.04 Å². The number of aryl methyl sites for hydroxylation is 1. The van der Waals surface area contributed by atoms with Gasteiger partial charge in [-0.2, -0.15) is 0 Å². The van der Waals surface area contributed by atoms with Crippen molar-refractivity contribution in [3.05, 3.63) is 16.1 Å². The molecule has 0 saturated carbocycles. The summed E-state index contributed by atoms with van der Waals surface area (Å²) < 4.78 is 0. The second kappa shape index (κ2) is 7.40. The van der Waals surface area contributed by atoms with Gasteiger partial charge in [-0.25, -0.2) is 9.78 Å². The normalized spacial score (nSPS) is 12.8. The summed E-state index contributed by atoms with van der Waals surface area (Å²) in [5.41, 5.74) is -0.570. The molecular weight excluding hydrogens is 290 g/mol. The van der Waals surface area contributed by atoms with Gasteiger partial charge in [-0.05, 0) is 33.6 Å². The number of hydrogen-bond donors (Lipinski definition) is 3. The number of nitrogens with one attached hydrogen (secondary N) is 2. The van der Waals surface area contributed by atoms with Gasteiger partial charge in [0.1, 0.15) is 5.01 Å². The van der Waals surface area contributed by atoms with Gasteiger partial charge in [0, 0.05) is 23.0 Å². The van der Waals surface area contributed by atoms with Crippen LogP contribution in [0.2, 0.25) is 0 Å². The summed E-state index contributed by atoms with van der Waals surface area (Å²) in [6.07, 6.45) is 3.15. The number of urea groups is 1. The Labute approximate surface area is 129 Å². The zero-order valence-electron chi connectivity index (χ0n) is 12.9. The van der Waals surface area contributed by atoms with Crippen LogP contribution in [0.25, 0.3) is 0 Å². The standard InChI is InChI=1S/C14H23N3O3S/c1-5-10-8-15-12(21-10)9(2)16-13(20)17-14(3,4)7-6-11(18)19/h8-9H,5-7H2,1-4H3,(H,18,19)(H2,16,17,20). The lowest BCUT2D eigenvalue weighted by molar-refractivity contribution is -0.137. The van der Waals surface area contributed by atoms with Crippen molar-refractivity contribution in [1.29, 1.82) is 0 Å². The van der Waals surface area contributed by atoms with E-state index < -0.39 is 11.5 Å². The molecular formula is C14H23N3O3S. The summed E-state index contributed by atoms with van der Waals surface area (Å²) in [7, 11) is 0. The predicted molar refractivity (Wildman–Crippen MR) is 82.5 cm³/mol. The number of hydrogen-bond acceptors (Lipinski definition) is 4. The highest BCUT2D eigenvalue weighted by atomic mass is 32.1. The van der Waals surface area contributed by atoms with Crippen molar-refractivity contribution in [3.8, 4) is 0 Å². The largest absolute Gasteiger partial charge is 0.481 e. The molecule has 0 aliphatic carbocycles. The van der Waals surface area contributed by atoms with Gasteiger partial charge in [-0.3, -0.25) is 4.79 Å². The van der Waals surface area contributed by atoms with Crippen molar-refractivity contribution in [3.63, 3.8) is 0 Å². The van der Waals surface area contributed by atoms with Gasteiger partial charge < -0.3 is 15.7 Å². The van der Waals surface area contributed by atoms with Crippen LogP contribution in [-0.4, -0.2) is 27.6 Å². The summed E-state index contributed by atoms with van der Waals surface area (Å²) >= 11 is 1.58. The number of rotatable bonds is 7. The first kappa shape index (κ1) is 17.4. The van der Waals surface area contributed by atoms with Crippen LogP contribution in [0.1, 0.15) is 56.5 Å². The zero-order valence-corrected chi connectivity index (χ0v) is 13.7. The lowest BCUT2D eigenvalue weighted by atomic mass is 9.99. The van der Waals surface area contributed by atoms with E-state index in [1.54, 1.807) is 25.2 Å². The first-order chi connectivity index (χ1) is 9.73. The molecule has 1 aromatic heterocycles. The van der Waals surface area contributed by atoms with E-state index in [1.165, 1.54) is 4.88 Å². The van der Waals surface area contributed by atoms with Gasteiger partial charge in [0.2, 0.25) is 0 Å². The number of nitrogens with zero attached hydrogens (tertiary/aromatic N) is 1. The minimum Gasteiger partial charge on any atom is -0.481 e. The summed E-state index contributed by atoms with van der Waals surface area (Å²) in [4.78, 5) is 28.0. The molecule has 118 valence electrons. The number of thiazole rings is 1. The smallest absolute Gasteiger partial charge is 0.315 e. The van der Waals surface area contributed by atoms with E-state index in [0.29, 0.717) is 6.42 Å². The summed E-state index contributed by atoms with van der Waals surface area (Å²) in [5.74, 6) is -0.867. The average molecular weight is 313 g/mol. The molecule has 0 fully saturated rings. The first-order valence-corrected chi connectivity index (χ1v) is 7.80. The monoisotopic (exact) mass is 313 g/mol. The Morgan fingerprint density at radius 1 is 1.48 bits per heavy atom. The van der Waals surface area contributed by atoms with E-state index in [-0.39, 0.29) is 18.5 Å². The van der Waals surface area contributed by atoms with Crippen molar-refractivity contribution in [2.45, 2.75) is 58.5 Å². The van der Waals surface area contributed by atoms with Crippen molar-refractivity contribution in [2.24, 2.45) is 0 Å². The second-order valence-corrected chi connectivity index (χ2v) is 6.76. The zero-order chi connectivity index (χ0) is 16.0. The molecule has 1 aromatic rings. The van der Waals surface area contributed by atoms with Crippen LogP contribution in [0.4, 0.5) is 4.79 Å². The highest BCUT2D eigenvalue weighted by molar-refractivity contribution is 7.11. The first-order valence-electron chi connectivity index (χ1n) is 6.98. The van der Waals surface area contributed by atoms with Crippen LogP contribution >= 0.6 is 11.3 Å². The number of amides is 2. The molecule has 2 amide bonds. The third-order valence-electron chi connectivity index (χ3n) is 3.05. The Kier molecular flexibility index (Phi) is 6.14. The van der Waals surface area contributed by atoms with E-state index in [9.17, 15) is 9.59 Å². The number of carbonyl (C=O) groups excluding carboxylic acids is 1. The third kappa shape index (κ3) is 6.12. The molecule has 0 saturated heterocycles. The van der Waals surface area contributed by atoms with Crippen LogP contribution in [0.15, 0.2) is 6.20 Å². The fourth-order valence-electron chi connectivity index (χ4n) is 1.77. The van der Waals surface area contributed by atoms with E-state index in [0.717, 1.165) is 11.4 Å². The maximum absolute atomic E-state index is 12.0. The van der Waals surface area contributed by atoms with E-state index >= 15 is 0 Å². The lowest BCUT2D eigenvalue weighted by Gasteiger charge is -2.26. The summed E-state index contributed by atoms with van der Waals surface area (Å²) in [6.45, 7) is 7.55. The minimum atomic E-state index is -0.867. The van der Waals surface area contributed by atoms with Crippen molar-refractivity contribution in [1.82, 2.24) is 15.6 Å². The molecule has 21 heavy (non-hydrogen) atoms. The van der Waals surface area contributed by atoms with Crippen LogP contribution in [-0.2, 0) is 11.2 Å². The molecule has 7 heteroatoms. The van der Waals surface area contributed by atoms with Gasteiger partial charge in [0.25, 0.3) is 0 Å². The molecule has 0 bridgehead atoms. The van der Waals surface area contributed by atoms with Gasteiger partial charge in [-0.1, -0.05) is 6.92 Å². The van der Waals surface area contributed by atoms with Crippen LogP contribution in [0.3, 0.4) is 0 Å². The number of carboxylic acid groups (broad SMARTS) is 1. The molecule has 0 aromatic carbocycles. The molecule has 1 unspecified atom stereocenters. The quantitative estimate of drug-likeness (QED) is 0.722. The van der Waals surface area contributed by atoms with Gasteiger partial charge >= 0.3 is 12.0 Å². The molecule has 0 spiro atoms. The fraction of sp³-hybridized carbons (Fsp3) is 0.643. The predicted octanol–water partition coefficient (Wildman–Crippen LogP) is 2.71. The molecule has 6 nitrogen and oxygen atoms in total. The SMILES string of the molecule is CCc1cnc(C(C)NC(=O)NC(C)(C)CCC(=O)O)s1. The van der Waals surface area contributed by atoms with Gasteiger partial charge in [0.15, 0.2) is 0 Å². The maximum Gasteiger partial charge on any atom is 0.315 e. The molecule has 1 heterocycles. The number of aromatic nitrogens is 1. The topological polar surface area (TPSA) is 91.3 Å². The lowest BCUT2D eigenvalue weighted by Crippen LogP contribution is -2.49. The van der Waals surface area contributed by atoms with Crippen LogP contribution < -0.4 is 10.6 Å². The van der Waals surface area contributed by atoms with Crippen molar-refractivity contribution in [2.75, 3.05) is 0 Å². The van der Waals surface area contributed by atoms with E-state index in [2.05, 4.69) is 22.5 Å². The van der Waals surface area contributed by atoms with Crippen molar-refractivity contribution >= 4 is 23.3 Å². The molecule has 0 aliphatic heterocycles. The van der Waals surface area contributed by atoms with E-state index in [4.69, 9.17) is 5.11 Å². The van der Waals surface area contributed by atoms with E-state index in [1.807, 2.05) is 13.1 Å².